The lowest BCUT2D eigenvalue weighted by Gasteiger charge is -2.10. The van der Waals surface area contributed by atoms with Crippen LogP contribution in [0.25, 0.3) is 22.2 Å². The van der Waals surface area contributed by atoms with Gasteiger partial charge in [0.05, 0.1) is 18.3 Å². The summed E-state index contributed by atoms with van der Waals surface area (Å²) in [5.41, 5.74) is 1.94. The molecule has 0 saturated heterocycles. The van der Waals surface area contributed by atoms with Gasteiger partial charge in [-0.2, -0.15) is 0 Å². The van der Waals surface area contributed by atoms with Crippen molar-refractivity contribution in [2.75, 3.05) is 7.11 Å². The van der Waals surface area contributed by atoms with Crippen molar-refractivity contribution >= 4 is 26.8 Å². The number of halogens is 2. The third kappa shape index (κ3) is 2.42. The molecule has 0 spiro atoms. The van der Waals surface area contributed by atoms with Gasteiger partial charge in [-0.15, -0.1) is 0 Å². The molecular weight excluding hydrogens is 339 g/mol. The molecule has 0 radical (unpaired) electrons. The van der Waals surface area contributed by atoms with Crippen molar-refractivity contribution in [1.29, 1.82) is 0 Å². The molecule has 0 aliphatic carbocycles. The predicted octanol–water partition coefficient (Wildman–Crippen LogP) is 3.91. The van der Waals surface area contributed by atoms with Crippen LogP contribution >= 0.6 is 15.9 Å². The molecule has 0 aliphatic heterocycles. The zero-order chi connectivity index (χ0) is 15.0. The lowest BCUT2D eigenvalue weighted by Crippen LogP contribution is -1.92. The third-order valence-corrected chi connectivity index (χ3v) is 3.78. The van der Waals surface area contributed by atoms with Crippen LogP contribution in [0.3, 0.4) is 0 Å². The van der Waals surface area contributed by atoms with E-state index in [0.717, 1.165) is 5.56 Å². The first-order chi connectivity index (χ1) is 10.1. The normalized spacial score (nSPS) is 10.8. The maximum Gasteiger partial charge on any atom is 0.161 e. The Morgan fingerprint density at radius 2 is 2.00 bits per heavy atom. The number of fused-ring (bicyclic) bond motifs is 1. The fourth-order valence-corrected chi connectivity index (χ4v) is 2.67. The Balaban J connectivity index is 2.32. The molecule has 106 valence electrons. The van der Waals surface area contributed by atoms with Gasteiger partial charge in [0.1, 0.15) is 12.1 Å². The van der Waals surface area contributed by atoms with Crippen molar-refractivity contribution < 1.29 is 14.2 Å². The largest absolute Gasteiger partial charge is 0.504 e. The smallest absolute Gasteiger partial charge is 0.161 e. The number of methoxy groups -OCH3 is 1. The van der Waals surface area contributed by atoms with Crippen molar-refractivity contribution in [3.63, 3.8) is 0 Å². The third-order valence-electron chi connectivity index (χ3n) is 3.12. The SMILES string of the molecule is COc1cc2c(-c3ccc(F)cc3Br)ncnc2cc1O. The molecule has 3 aromatic rings. The molecule has 6 heteroatoms. The van der Waals surface area contributed by atoms with E-state index >= 15 is 0 Å². The zero-order valence-corrected chi connectivity index (χ0v) is 12.6. The van der Waals surface area contributed by atoms with Gasteiger partial charge >= 0.3 is 0 Å². The number of nitrogens with zero attached hydrogens (tertiary/aromatic N) is 2. The summed E-state index contributed by atoms with van der Waals surface area (Å²) in [6.45, 7) is 0. The topological polar surface area (TPSA) is 55.2 Å². The summed E-state index contributed by atoms with van der Waals surface area (Å²) < 4.78 is 18.9. The molecule has 21 heavy (non-hydrogen) atoms. The van der Waals surface area contributed by atoms with E-state index in [9.17, 15) is 9.50 Å². The molecular formula is C15H10BrFN2O2. The maximum absolute atomic E-state index is 13.2. The van der Waals surface area contributed by atoms with Gasteiger partial charge in [-0.25, -0.2) is 14.4 Å². The fourth-order valence-electron chi connectivity index (χ4n) is 2.13. The molecule has 0 fully saturated rings. The quantitative estimate of drug-likeness (QED) is 0.762. The Hall–Kier alpha value is -2.21. The van der Waals surface area contributed by atoms with Gasteiger partial charge in [-0.1, -0.05) is 0 Å². The first-order valence-electron chi connectivity index (χ1n) is 6.07. The Morgan fingerprint density at radius 3 is 2.71 bits per heavy atom. The van der Waals surface area contributed by atoms with E-state index in [0.29, 0.717) is 26.8 Å². The summed E-state index contributed by atoms with van der Waals surface area (Å²) in [5, 5.41) is 10.5. The van der Waals surface area contributed by atoms with Crippen LogP contribution in [0.4, 0.5) is 4.39 Å². The highest BCUT2D eigenvalue weighted by Gasteiger charge is 2.13. The molecule has 0 saturated carbocycles. The molecule has 1 aromatic heterocycles. The van der Waals surface area contributed by atoms with Crippen LogP contribution in [0.15, 0.2) is 41.1 Å². The molecule has 3 rings (SSSR count). The minimum atomic E-state index is -0.334. The number of phenolic OH excluding ortho intramolecular Hbond substituents is 1. The van der Waals surface area contributed by atoms with E-state index in [1.54, 1.807) is 12.1 Å². The second-order valence-electron chi connectivity index (χ2n) is 4.39. The van der Waals surface area contributed by atoms with Gasteiger partial charge in [0.2, 0.25) is 0 Å². The second-order valence-corrected chi connectivity index (χ2v) is 5.24. The predicted molar refractivity (Wildman–Crippen MR) is 80.8 cm³/mol. The molecule has 1 N–H and O–H groups in total. The van der Waals surface area contributed by atoms with Crippen molar-refractivity contribution in [2.24, 2.45) is 0 Å². The standard InChI is InChI=1S/C15H10BrFN2O2/c1-21-14-5-10-12(6-13(14)20)18-7-19-15(10)9-3-2-8(17)4-11(9)16/h2-7,20H,1H3. The summed E-state index contributed by atoms with van der Waals surface area (Å²) in [4.78, 5) is 8.41. The number of aromatic nitrogens is 2. The van der Waals surface area contributed by atoms with Crippen LogP contribution in [0.5, 0.6) is 11.5 Å². The first-order valence-corrected chi connectivity index (χ1v) is 6.86. The van der Waals surface area contributed by atoms with E-state index in [1.807, 2.05) is 0 Å². The molecule has 0 bridgehead atoms. The van der Waals surface area contributed by atoms with Gasteiger partial charge in [0.15, 0.2) is 11.5 Å². The van der Waals surface area contributed by atoms with Crippen LogP contribution in [0, 0.1) is 5.82 Å². The van der Waals surface area contributed by atoms with Crippen molar-refractivity contribution in [2.45, 2.75) is 0 Å². The number of aromatic hydroxyl groups is 1. The highest BCUT2D eigenvalue weighted by molar-refractivity contribution is 9.10. The summed E-state index contributed by atoms with van der Waals surface area (Å²) >= 11 is 3.34. The average molecular weight is 349 g/mol. The summed E-state index contributed by atoms with van der Waals surface area (Å²) in [6.07, 6.45) is 1.40. The van der Waals surface area contributed by atoms with Crippen LogP contribution in [-0.4, -0.2) is 22.2 Å². The molecule has 1 heterocycles. The molecule has 0 atom stereocenters. The van der Waals surface area contributed by atoms with Crippen molar-refractivity contribution in [3.05, 3.63) is 46.9 Å². The van der Waals surface area contributed by atoms with E-state index < -0.39 is 0 Å². The second kappa shape index (κ2) is 5.29. The van der Waals surface area contributed by atoms with Crippen LogP contribution in [-0.2, 0) is 0 Å². The van der Waals surface area contributed by atoms with E-state index in [4.69, 9.17) is 4.74 Å². The Bertz CT molecular complexity index is 839. The molecule has 4 nitrogen and oxygen atoms in total. The van der Waals surface area contributed by atoms with Crippen LogP contribution in [0.2, 0.25) is 0 Å². The summed E-state index contributed by atoms with van der Waals surface area (Å²) in [5.74, 6) is 0.00353. The number of phenols is 1. The van der Waals surface area contributed by atoms with Gasteiger partial charge in [-0.3, -0.25) is 0 Å². The van der Waals surface area contributed by atoms with Crippen LogP contribution < -0.4 is 4.74 Å². The van der Waals surface area contributed by atoms with Gasteiger partial charge in [-0.05, 0) is 40.2 Å². The van der Waals surface area contributed by atoms with Gasteiger partial charge in [0.25, 0.3) is 0 Å². The number of hydrogen-bond acceptors (Lipinski definition) is 4. The Morgan fingerprint density at radius 1 is 1.19 bits per heavy atom. The highest BCUT2D eigenvalue weighted by Crippen LogP contribution is 2.36. The fraction of sp³-hybridized carbons (Fsp3) is 0.0667. The molecule has 0 amide bonds. The number of benzene rings is 2. The average Bonchev–Trinajstić information content (AvgIpc) is 2.46. The summed E-state index contributed by atoms with van der Waals surface area (Å²) in [6, 6.07) is 7.56. The van der Waals surface area contributed by atoms with E-state index in [2.05, 4.69) is 25.9 Å². The molecule has 2 aromatic carbocycles. The zero-order valence-electron chi connectivity index (χ0n) is 11.0. The van der Waals surface area contributed by atoms with Crippen molar-refractivity contribution in [1.82, 2.24) is 9.97 Å². The summed E-state index contributed by atoms with van der Waals surface area (Å²) in [7, 11) is 1.47. The van der Waals surface area contributed by atoms with Gasteiger partial charge in [0, 0.05) is 21.5 Å². The Labute approximate surface area is 128 Å². The van der Waals surface area contributed by atoms with Gasteiger partial charge < -0.3 is 9.84 Å². The number of hydrogen-bond donors (Lipinski definition) is 1. The lowest BCUT2D eigenvalue weighted by atomic mass is 10.1. The first kappa shape index (κ1) is 13.8. The maximum atomic E-state index is 13.2. The Kier molecular flexibility index (Phi) is 3.47. The van der Waals surface area contributed by atoms with Crippen molar-refractivity contribution in [3.8, 4) is 22.8 Å². The minimum absolute atomic E-state index is 0.00724. The number of rotatable bonds is 2. The van der Waals surface area contributed by atoms with E-state index in [-0.39, 0.29) is 11.6 Å². The highest BCUT2D eigenvalue weighted by atomic mass is 79.9. The van der Waals surface area contributed by atoms with Crippen LogP contribution in [0.1, 0.15) is 0 Å². The van der Waals surface area contributed by atoms with E-state index in [1.165, 1.54) is 31.6 Å². The lowest BCUT2D eigenvalue weighted by molar-refractivity contribution is 0.374. The number of ether oxygens (including phenoxy) is 1. The molecule has 0 unspecified atom stereocenters. The monoisotopic (exact) mass is 348 g/mol. The minimum Gasteiger partial charge on any atom is -0.504 e. The molecule has 0 aliphatic rings.